The van der Waals surface area contributed by atoms with Crippen LogP contribution in [0.15, 0.2) is 24.3 Å². The molecule has 0 saturated carbocycles. The van der Waals surface area contributed by atoms with Gasteiger partial charge in [0.05, 0.1) is 5.56 Å². The van der Waals surface area contributed by atoms with E-state index in [-0.39, 0.29) is 18.3 Å². The van der Waals surface area contributed by atoms with Gasteiger partial charge < -0.3 is 15.4 Å². The average molecular weight is 304 g/mol. The van der Waals surface area contributed by atoms with E-state index in [4.69, 9.17) is 4.74 Å². The fraction of sp³-hybridized carbons (Fsp3) is 0.500. The molecular weight excluding hydrogens is 285 g/mol. The Labute approximate surface area is 121 Å². The first-order valence-corrected chi connectivity index (χ1v) is 6.71. The Hall–Kier alpha value is -1.76. The Morgan fingerprint density at radius 3 is 2.67 bits per heavy atom. The number of rotatable bonds is 8. The summed E-state index contributed by atoms with van der Waals surface area (Å²) in [6.07, 6.45) is -3.42. The topological polar surface area (TPSA) is 50.4 Å². The van der Waals surface area contributed by atoms with Gasteiger partial charge in [-0.15, -0.1) is 0 Å². The zero-order valence-corrected chi connectivity index (χ0v) is 11.8. The molecule has 0 spiro atoms. The van der Waals surface area contributed by atoms with Crippen LogP contribution in [-0.2, 0) is 11.0 Å². The number of hydrogen-bond donors (Lipinski definition) is 2. The maximum atomic E-state index is 12.5. The number of halogens is 3. The molecule has 0 aliphatic rings. The molecule has 1 rings (SSSR count). The zero-order valence-electron chi connectivity index (χ0n) is 11.8. The molecule has 7 heteroatoms. The van der Waals surface area contributed by atoms with E-state index in [9.17, 15) is 18.0 Å². The van der Waals surface area contributed by atoms with Crippen molar-refractivity contribution in [3.8, 4) is 5.75 Å². The Morgan fingerprint density at radius 1 is 1.24 bits per heavy atom. The summed E-state index contributed by atoms with van der Waals surface area (Å²) in [7, 11) is 0. The Balaban J connectivity index is 2.33. The van der Waals surface area contributed by atoms with Crippen LogP contribution >= 0.6 is 0 Å². The summed E-state index contributed by atoms with van der Waals surface area (Å²) in [5, 5.41) is 5.72. The van der Waals surface area contributed by atoms with Crippen molar-refractivity contribution in [1.82, 2.24) is 10.6 Å². The molecule has 0 aliphatic carbocycles. The lowest BCUT2D eigenvalue weighted by Crippen LogP contribution is -2.35. The van der Waals surface area contributed by atoms with Gasteiger partial charge in [-0.2, -0.15) is 13.2 Å². The van der Waals surface area contributed by atoms with Crippen molar-refractivity contribution < 1.29 is 22.7 Å². The van der Waals surface area contributed by atoms with E-state index in [1.54, 1.807) is 0 Å². The molecule has 0 aromatic heterocycles. The summed E-state index contributed by atoms with van der Waals surface area (Å²) in [5.41, 5.74) is -0.802. The van der Waals surface area contributed by atoms with Crippen LogP contribution in [0.3, 0.4) is 0 Å². The van der Waals surface area contributed by atoms with Crippen molar-refractivity contribution in [3.63, 3.8) is 0 Å². The lowest BCUT2D eigenvalue weighted by molar-refractivity contribution is -0.137. The van der Waals surface area contributed by atoms with Crippen LogP contribution in [0.4, 0.5) is 13.2 Å². The lowest BCUT2D eigenvalue weighted by Gasteiger charge is -2.10. The summed E-state index contributed by atoms with van der Waals surface area (Å²) in [6.45, 7) is 3.69. The standard InChI is InChI=1S/C14H19F3N2O2/c1-2-6-18-7-8-19-13(20)10-21-12-5-3-4-11(9-12)14(15,16)17/h3-5,9,18H,2,6-8,10H2,1H3,(H,19,20). The summed E-state index contributed by atoms with van der Waals surface area (Å²) in [4.78, 5) is 11.4. The molecule has 0 radical (unpaired) electrons. The molecule has 0 fully saturated rings. The highest BCUT2D eigenvalue weighted by Gasteiger charge is 2.30. The highest BCUT2D eigenvalue weighted by atomic mass is 19.4. The van der Waals surface area contributed by atoms with E-state index >= 15 is 0 Å². The summed E-state index contributed by atoms with van der Waals surface area (Å²) >= 11 is 0. The maximum absolute atomic E-state index is 12.5. The minimum Gasteiger partial charge on any atom is -0.484 e. The fourth-order valence-electron chi connectivity index (χ4n) is 1.55. The first kappa shape index (κ1) is 17.3. The molecule has 0 unspecified atom stereocenters. The summed E-state index contributed by atoms with van der Waals surface area (Å²) in [5.74, 6) is -0.352. The second-order valence-corrected chi connectivity index (χ2v) is 4.41. The predicted molar refractivity (Wildman–Crippen MR) is 73.1 cm³/mol. The van der Waals surface area contributed by atoms with Crippen LogP contribution in [0.1, 0.15) is 18.9 Å². The molecule has 0 heterocycles. The van der Waals surface area contributed by atoms with Gasteiger partial charge in [-0.25, -0.2) is 0 Å². The second kappa shape index (κ2) is 8.51. The summed E-state index contributed by atoms with van der Waals surface area (Å²) in [6, 6.07) is 4.44. The molecule has 1 aromatic carbocycles. The Morgan fingerprint density at radius 2 is 2.00 bits per heavy atom. The number of benzene rings is 1. The predicted octanol–water partition coefficient (Wildman–Crippen LogP) is 2.20. The molecule has 0 saturated heterocycles. The van der Waals surface area contributed by atoms with E-state index in [2.05, 4.69) is 10.6 Å². The van der Waals surface area contributed by atoms with Crippen molar-refractivity contribution in [2.75, 3.05) is 26.2 Å². The monoisotopic (exact) mass is 304 g/mol. The lowest BCUT2D eigenvalue weighted by atomic mass is 10.2. The molecule has 4 nitrogen and oxygen atoms in total. The van der Waals surface area contributed by atoms with Crippen LogP contribution in [-0.4, -0.2) is 32.1 Å². The van der Waals surface area contributed by atoms with Gasteiger partial charge in [-0.1, -0.05) is 13.0 Å². The van der Waals surface area contributed by atoms with Gasteiger partial charge in [0.15, 0.2) is 6.61 Å². The molecule has 0 aliphatic heterocycles. The number of carbonyl (C=O) groups excluding carboxylic acids is 1. The fourth-order valence-corrected chi connectivity index (χ4v) is 1.55. The van der Waals surface area contributed by atoms with Crippen LogP contribution in [0, 0.1) is 0 Å². The average Bonchev–Trinajstić information content (AvgIpc) is 2.44. The highest BCUT2D eigenvalue weighted by molar-refractivity contribution is 5.77. The maximum Gasteiger partial charge on any atom is 0.416 e. The van der Waals surface area contributed by atoms with Gasteiger partial charge in [-0.05, 0) is 31.2 Å². The van der Waals surface area contributed by atoms with Gasteiger partial charge >= 0.3 is 6.18 Å². The second-order valence-electron chi connectivity index (χ2n) is 4.41. The van der Waals surface area contributed by atoms with Gasteiger partial charge in [0.25, 0.3) is 5.91 Å². The van der Waals surface area contributed by atoms with E-state index < -0.39 is 11.7 Å². The molecule has 21 heavy (non-hydrogen) atoms. The molecule has 1 amide bonds. The Kier molecular flexibility index (Phi) is 7.01. The molecule has 118 valence electrons. The normalized spacial score (nSPS) is 11.2. The van der Waals surface area contributed by atoms with E-state index in [0.717, 1.165) is 25.1 Å². The minimum absolute atomic E-state index is 0.0177. The van der Waals surface area contributed by atoms with Crippen LogP contribution in [0.2, 0.25) is 0 Å². The molecule has 0 bridgehead atoms. The zero-order chi connectivity index (χ0) is 15.7. The number of hydrogen-bond acceptors (Lipinski definition) is 3. The van der Waals surface area contributed by atoms with Crippen molar-refractivity contribution in [2.24, 2.45) is 0 Å². The van der Waals surface area contributed by atoms with Crippen molar-refractivity contribution in [1.29, 1.82) is 0 Å². The van der Waals surface area contributed by atoms with Crippen LogP contribution in [0.25, 0.3) is 0 Å². The number of nitrogens with one attached hydrogen (secondary N) is 2. The number of amides is 1. The molecular formula is C14H19F3N2O2. The van der Waals surface area contributed by atoms with Gasteiger partial charge in [0.2, 0.25) is 0 Å². The van der Waals surface area contributed by atoms with E-state index in [1.165, 1.54) is 12.1 Å². The molecule has 1 aromatic rings. The number of carbonyl (C=O) groups is 1. The number of ether oxygens (including phenoxy) is 1. The third-order valence-electron chi connectivity index (χ3n) is 2.58. The quantitative estimate of drug-likeness (QED) is 0.724. The van der Waals surface area contributed by atoms with Gasteiger partial charge in [0, 0.05) is 13.1 Å². The SMILES string of the molecule is CCCNCCNC(=O)COc1cccc(C(F)(F)F)c1. The van der Waals surface area contributed by atoms with Crippen LogP contribution in [0.5, 0.6) is 5.75 Å². The van der Waals surface area contributed by atoms with Crippen molar-refractivity contribution in [2.45, 2.75) is 19.5 Å². The molecule has 0 atom stereocenters. The van der Waals surface area contributed by atoms with Crippen molar-refractivity contribution >= 4 is 5.91 Å². The summed E-state index contributed by atoms with van der Waals surface area (Å²) < 4.78 is 42.5. The van der Waals surface area contributed by atoms with E-state index in [1.807, 2.05) is 6.92 Å². The minimum atomic E-state index is -4.42. The van der Waals surface area contributed by atoms with E-state index in [0.29, 0.717) is 13.1 Å². The van der Waals surface area contributed by atoms with Crippen molar-refractivity contribution in [3.05, 3.63) is 29.8 Å². The van der Waals surface area contributed by atoms with Gasteiger partial charge in [0.1, 0.15) is 5.75 Å². The highest BCUT2D eigenvalue weighted by Crippen LogP contribution is 2.31. The largest absolute Gasteiger partial charge is 0.484 e. The van der Waals surface area contributed by atoms with Gasteiger partial charge in [-0.3, -0.25) is 4.79 Å². The molecule has 2 N–H and O–H groups in total. The smallest absolute Gasteiger partial charge is 0.416 e. The first-order valence-electron chi connectivity index (χ1n) is 6.71. The number of alkyl halides is 3. The van der Waals surface area contributed by atoms with Crippen LogP contribution < -0.4 is 15.4 Å². The third kappa shape index (κ3) is 6.99. The third-order valence-corrected chi connectivity index (χ3v) is 2.58. The first-order chi connectivity index (χ1) is 9.93. The Bertz CT molecular complexity index is 450.